The maximum Gasteiger partial charge on any atom is 0.116 e. The number of aryl methyl sites for hydroxylation is 1. The third kappa shape index (κ3) is 2.01. The van der Waals surface area contributed by atoms with Gasteiger partial charge in [-0.3, -0.25) is 10.3 Å². The minimum atomic E-state index is 0. The first-order valence-electron chi connectivity index (χ1n) is 2.67. The molecule has 0 aliphatic rings. The van der Waals surface area contributed by atoms with Crippen LogP contribution in [0.4, 0.5) is 5.00 Å². The number of rotatable bonds is 2. The lowest BCUT2D eigenvalue weighted by Gasteiger charge is -1.98. The van der Waals surface area contributed by atoms with Crippen LogP contribution in [0.15, 0.2) is 11.4 Å². The first kappa shape index (κ1) is 9.46. The fourth-order valence-electron chi connectivity index (χ4n) is 0.570. The Hall–Kier alpha value is -0.540. The van der Waals surface area contributed by atoms with Crippen molar-refractivity contribution < 1.29 is 4.84 Å². The summed E-state index contributed by atoms with van der Waals surface area (Å²) in [6, 6.07) is 2.05. The summed E-state index contributed by atoms with van der Waals surface area (Å²) in [5, 5.41) is 3.11. The van der Waals surface area contributed by atoms with E-state index in [2.05, 4.69) is 5.48 Å². The molecule has 0 spiro atoms. The molecule has 0 fully saturated rings. The average molecular weight is 159 g/mol. The monoisotopic (exact) mass is 159 g/mol. The van der Waals surface area contributed by atoms with Crippen molar-refractivity contribution in [2.45, 2.75) is 14.4 Å². The Balaban J connectivity index is 0.000000810. The molecule has 0 aliphatic carbocycles. The van der Waals surface area contributed by atoms with Gasteiger partial charge in [-0.05, 0) is 23.9 Å². The normalized spacial score (nSPS) is 8.60. The number of hydrogen-bond acceptors (Lipinski definition) is 3. The van der Waals surface area contributed by atoms with Gasteiger partial charge in [-0.15, -0.1) is 11.3 Å². The molecule has 1 aromatic rings. The second kappa shape index (κ2) is 4.30. The van der Waals surface area contributed by atoms with E-state index in [0.717, 1.165) is 5.00 Å². The fraction of sp³-hybridized carbons (Fsp3) is 0.429. The van der Waals surface area contributed by atoms with Crippen molar-refractivity contribution in [3.05, 3.63) is 17.0 Å². The molecule has 0 aliphatic heterocycles. The van der Waals surface area contributed by atoms with Gasteiger partial charge in [0.1, 0.15) is 5.00 Å². The third-order valence-corrected chi connectivity index (χ3v) is 1.97. The Morgan fingerprint density at radius 3 is 2.70 bits per heavy atom. The topological polar surface area (TPSA) is 21.3 Å². The summed E-state index contributed by atoms with van der Waals surface area (Å²) < 4.78 is 0. The van der Waals surface area contributed by atoms with Crippen molar-refractivity contribution in [3.63, 3.8) is 0 Å². The minimum absolute atomic E-state index is 0. The van der Waals surface area contributed by atoms with Crippen LogP contribution in [0.1, 0.15) is 13.0 Å². The molecular formula is C7H13NOS. The van der Waals surface area contributed by atoms with Gasteiger partial charge >= 0.3 is 0 Å². The van der Waals surface area contributed by atoms with Gasteiger partial charge in [0.25, 0.3) is 0 Å². The largest absolute Gasteiger partial charge is 0.279 e. The van der Waals surface area contributed by atoms with E-state index >= 15 is 0 Å². The predicted molar refractivity (Wildman–Crippen MR) is 46.4 cm³/mol. The van der Waals surface area contributed by atoms with E-state index in [1.165, 1.54) is 5.56 Å². The Morgan fingerprint density at radius 2 is 2.30 bits per heavy atom. The van der Waals surface area contributed by atoms with Crippen molar-refractivity contribution in [1.82, 2.24) is 0 Å². The standard InChI is InChI=1S/C6H9NOS.CH4/c1-5-3-4-9-6(5)7-8-2;/h3-4,7H,1-2H3;1H4. The summed E-state index contributed by atoms with van der Waals surface area (Å²) in [7, 11) is 1.61. The van der Waals surface area contributed by atoms with E-state index in [-0.39, 0.29) is 7.43 Å². The van der Waals surface area contributed by atoms with Crippen LogP contribution in [-0.2, 0) is 4.84 Å². The predicted octanol–water partition coefficient (Wildman–Crippen LogP) is 2.67. The highest BCUT2D eigenvalue weighted by Crippen LogP contribution is 2.20. The van der Waals surface area contributed by atoms with Crippen molar-refractivity contribution in [2.75, 3.05) is 12.6 Å². The van der Waals surface area contributed by atoms with Crippen LogP contribution < -0.4 is 5.48 Å². The maximum atomic E-state index is 4.73. The zero-order valence-electron chi connectivity index (χ0n) is 5.47. The first-order chi connectivity index (χ1) is 4.34. The number of anilines is 1. The molecule has 0 radical (unpaired) electrons. The van der Waals surface area contributed by atoms with Gasteiger partial charge in [0.15, 0.2) is 0 Å². The second-order valence-electron chi connectivity index (χ2n) is 1.74. The summed E-state index contributed by atoms with van der Waals surface area (Å²) in [6.07, 6.45) is 0. The van der Waals surface area contributed by atoms with E-state index in [9.17, 15) is 0 Å². The number of thiophene rings is 1. The Morgan fingerprint density at radius 1 is 1.60 bits per heavy atom. The van der Waals surface area contributed by atoms with Crippen molar-refractivity contribution in [2.24, 2.45) is 0 Å². The molecule has 0 bridgehead atoms. The molecule has 0 unspecified atom stereocenters. The van der Waals surface area contributed by atoms with Gasteiger partial charge < -0.3 is 0 Å². The number of nitrogens with one attached hydrogen (secondary N) is 1. The zero-order valence-corrected chi connectivity index (χ0v) is 6.29. The highest BCUT2D eigenvalue weighted by atomic mass is 32.1. The van der Waals surface area contributed by atoms with Crippen LogP contribution in [0, 0.1) is 6.92 Å². The Labute approximate surface area is 65.8 Å². The SMILES string of the molecule is C.CONc1sccc1C. The van der Waals surface area contributed by atoms with Crippen LogP contribution in [0.2, 0.25) is 0 Å². The summed E-state index contributed by atoms with van der Waals surface area (Å²) in [4.78, 5) is 4.73. The van der Waals surface area contributed by atoms with Gasteiger partial charge in [0.05, 0.1) is 7.11 Å². The molecule has 3 heteroatoms. The van der Waals surface area contributed by atoms with Crippen molar-refractivity contribution in [3.8, 4) is 0 Å². The molecule has 1 aromatic heterocycles. The smallest absolute Gasteiger partial charge is 0.116 e. The van der Waals surface area contributed by atoms with Crippen molar-refractivity contribution in [1.29, 1.82) is 0 Å². The van der Waals surface area contributed by atoms with E-state index in [4.69, 9.17) is 4.84 Å². The van der Waals surface area contributed by atoms with E-state index in [1.54, 1.807) is 18.4 Å². The second-order valence-corrected chi connectivity index (χ2v) is 2.66. The average Bonchev–Trinajstić information content (AvgIpc) is 2.18. The quantitative estimate of drug-likeness (QED) is 0.670. The Bertz CT molecular complexity index is 185. The summed E-state index contributed by atoms with van der Waals surface area (Å²) in [6.45, 7) is 2.04. The molecule has 1 N–H and O–H groups in total. The van der Waals surface area contributed by atoms with Crippen molar-refractivity contribution >= 4 is 16.3 Å². The molecular weight excluding hydrogens is 146 g/mol. The van der Waals surface area contributed by atoms with Crippen LogP contribution in [0.25, 0.3) is 0 Å². The van der Waals surface area contributed by atoms with E-state index in [1.807, 2.05) is 18.4 Å². The van der Waals surface area contributed by atoms with Crippen LogP contribution >= 0.6 is 11.3 Å². The highest BCUT2D eigenvalue weighted by molar-refractivity contribution is 7.14. The van der Waals surface area contributed by atoms with Gasteiger partial charge in [-0.2, -0.15) is 0 Å². The van der Waals surface area contributed by atoms with Crippen LogP contribution in [-0.4, -0.2) is 7.11 Å². The van der Waals surface area contributed by atoms with Crippen LogP contribution in [0.5, 0.6) is 0 Å². The number of hydrogen-bond donors (Lipinski definition) is 1. The van der Waals surface area contributed by atoms with Gasteiger partial charge in [0.2, 0.25) is 0 Å². The van der Waals surface area contributed by atoms with Gasteiger partial charge in [-0.1, -0.05) is 7.43 Å². The lowest BCUT2D eigenvalue weighted by Crippen LogP contribution is -1.93. The van der Waals surface area contributed by atoms with E-state index in [0.29, 0.717) is 0 Å². The molecule has 0 saturated heterocycles. The molecule has 1 heterocycles. The van der Waals surface area contributed by atoms with Crippen LogP contribution in [0.3, 0.4) is 0 Å². The molecule has 58 valence electrons. The zero-order chi connectivity index (χ0) is 6.69. The molecule has 0 saturated carbocycles. The third-order valence-electron chi connectivity index (χ3n) is 1.06. The molecule has 0 amide bonds. The Kier molecular flexibility index (Phi) is 4.07. The molecule has 10 heavy (non-hydrogen) atoms. The molecule has 0 aromatic carbocycles. The summed E-state index contributed by atoms with van der Waals surface area (Å²) >= 11 is 1.64. The van der Waals surface area contributed by atoms with Gasteiger partial charge in [-0.25, -0.2) is 0 Å². The summed E-state index contributed by atoms with van der Waals surface area (Å²) in [5.74, 6) is 0. The molecule has 2 nitrogen and oxygen atoms in total. The lowest BCUT2D eigenvalue weighted by atomic mass is 10.4. The minimum Gasteiger partial charge on any atom is -0.279 e. The molecule has 0 atom stereocenters. The molecule has 1 rings (SSSR count). The van der Waals surface area contributed by atoms with Gasteiger partial charge in [0, 0.05) is 0 Å². The summed E-state index contributed by atoms with van der Waals surface area (Å²) in [5.41, 5.74) is 4.00. The van der Waals surface area contributed by atoms with E-state index < -0.39 is 0 Å². The fourth-order valence-corrected chi connectivity index (χ4v) is 1.36. The lowest BCUT2D eigenvalue weighted by molar-refractivity contribution is 0.272. The maximum absolute atomic E-state index is 4.73. The first-order valence-corrected chi connectivity index (χ1v) is 3.55. The highest BCUT2D eigenvalue weighted by Gasteiger charge is 1.94.